The lowest BCUT2D eigenvalue weighted by atomic mass is 10.0. The highest BCUT2D eigenvalue weighted by Gasteiger charge is 2.29. The summed E-state index contributed by atoms with van der Waals surface area (Å²) >= 11 is 0. The van der Waals surface area contributed by atoms with Crippen LogP contribution in [0.2, 0.25) is 0 Å². The van der Waals surface area contributed by atoms with Gasteiger partial charge in [0, 0.05) is 5.69 Å². The molecule has 0 radical (unpaired) electrons. The van der Waals surface area contributed by atoms with Gasteiger partial charge in [0.05, 0.1) is 31.3 Å². The van der Waals surface area contributed by atoms with Crippen LogP contribution in [0.4, 0.5) is 5.69 Å². The monoisotopic (exact) mass is 314 g/mol. The van der Waals surface area contributed by atoms with E-state index in [4.69, 9.17) is 5.26 Å². The van der Waals surface area contributed by atoms with Gasteiger partial charge in [-0.25, -0.2) is 0 Å². The standard InChI is InChI=1S/C19H27N3O/c1-4-22(9-7-5-6-8-10-22)14-18(23)21-19-15(2)11-17(13-20)12-16(19)3/h11-12H,4-10,14H2,1-3H3/p+1. The minimum Gasteiger partial charge on any atom is -0.321 e. The number of likely N-dealkylation sites (tertiary alicyclic amines) is 1. The van der Waals surface area contributed by atoms with Crippen LogP contribution < -0.4 is 5.32 Å². The number of benzene rings is 1. The molecule has 0 aromatic heterocycles. The minimum absolute atomic E-state index is 0.0876. The zero-order chi connectivity index (χ0) is 16.9. The van der Waals surface area contributed by atoms with Crippen LogP contribution in [0.5, 0.6) is 0 Å². The quantitative estimate of drug-likeness (QED) is 0.864. The van der Waals surface area contributed by atoms with Gasteiger partial charge in [-0.2, -0.15) is 5.26 Å². The van der Waals surface area contributed by atoms with E-state index in [2.05, 4.69) is 18.3 Å². The molecular formula is C19H28N3O+. The molecule has 1 N–H and O–H groups in total. The number of quaternary nitrogens is 1. The molecule has 1 aromatic rings. The second-order valence-corrected chi connectivity index (χ2v) is 6.82. The number of likely N-dealkylation sites (N-methyl/N-ethyl adjacent to an activating group) is 1. The van der Waals surface area contributed by atoms with Crippen LogP contribution in [0, 0.1) is 25.2 Å². The summed E-state index contributed by atoms with van der Waals surface area (Å²) in [5, 5.41) is 12.1. The maximum absolute atomic E-state index is 12.6. The van der Waals surface area contributed by atoms with Crippen molar-refractivity contribution < 1.29 is 9.28 Å². The summed E-state index contributed by atoms with van der Waals surface area (Å²) < 4.78 is 0.903. The first-order valence-electron chi connectivity index (χ1n) is 8.66. The Morgan fingerprint density at radius 1 is 1.17 bits per heavy atom. The number of aryl methyl sites for hydroxylation is 2. The highest BCUT2D eigenvalue weighted by molar-refractivity contribution is 5.93. The van der Waals surface area contributed by atoms with Gasteiger partial charge in [0.15, 0.2) is 6.54 Å². The third-order valence-corrected chi connectivity index (χ3v) is 5.09. The molecule has 23 heavy (non-hydrogen) atoms. The number of amides is 1. The Kier molecular flexibility index (Phi) is 5.79. The fourth-order valence-electron chi connectivity index (χ4n) is 3.65. The maximum atomic E-state index is 12.6. The topological polar surface area (TPSA) is 52.9 Å². The number of carbonyl (C=O) groups excluding carboxylic acids is 1. The molecular weight excluding hydrogens is 286 g/mol. The number of nitriles is 1. The van der Waals surface area contributed by atoms with Crippen molar-refractivity contribution in [2.75, 3.05) is 31.5 Å². The molecule has 1 aliphatic rings. The van der Waals surface area contributed by atoms with Crippen molar-refractivity contribution >= 4 is 11.6 Å². The Labute approximate surface area is 139 Å². The molecule has 1 saturated heterocycles. The van der Waals surface area contributed by atoms with Gasteiger partial charge in [-0.05, 0) is 69.7 Å². The molecule has 0 unspecified atom stereocenters. The van der Waals surface area contributed by atoms with E-state index in [-0.39, 0.29) is 5.91 Å². The average molecular weight is 314 g/mol. The van der Waals surface area contributed by atoms with Crippen LogP contribution in [0.1, 0.15) is 49.3 Å². The van der Waals surface area contributed by atoms with Crippen LogP contribution >= 0.6 is 0 Å². The molecule has 1 heterocycles. The van der Waals surface area contributed by atoms with Gasteiger partial charge in [0.1, 0.15) is 0 Å². The molecule has 0 bridgehead atoms. The highest BCUT2D eigenvalue weighted by atomic mass is 16.2. The lowest BCUT2D eigenvalue weighted by Gasteiger charge is -2.36. The molecule has 1 aliphatic heterocycles. The van der Waals surface area contributed by atoms with Crippen molar-refractivity contribution in [2.45, 2.75) is 46.5 Å². The lowest BCUT2D eigenvalue weighted by Crippen LogP contribution is -2.52. The molecule has 124 valence electrons. The molecule has 1 amide bonds. The van der Waals surface area contributed by atoms with E-state index in [1.54, 1.807) is 0 Å². The van der Waals surface area contributed by atoms with E-state index in [9.17, 15) is 4.79 Å². The third kappa shape index (κ3) is 4.33. The summed E-state index contributed by atoms with van der Waals surface area (Å²) in [5.41, 5.74) is 3.41. The Hall–Kier alpha value is -1.86. The fraction of sp³-hybridized carbons (Fsp3) is 0.579. The number of rotatable bonds is 4. The number of hydrogen-bond donors (Lipinski definition) is 1. The number of nitrogens with zero attached hydrogens (tertiary/aromatic N) is 2. The lowest BCUT2D eigenvalue weighted by molar-refractivity contribution is -0.918. The molecule has 0 saturated carbocycles. The van der Waals surface area contributed by atoms with Gasteiger partial charge in [-0.15, -0.1) is 0 Å². The smallest absolute Gasteiger partial charge is 0.279 e. The van der Waals surface area contributed by atoms with Gasteiger partial charge in [0.25, 0.3) is 5.91 Å². The zero-order valence-electron chi connectivity index (χ0n) is 14.6. The molecule has 0 spiro atoms. The Morgan fingerprint density at radius 3 is 2.22 bits per heavy atom. The summed E-state index contributed by atoms with van der Waals surface area (Å²) in [6.45, 7) is 9.86. The third-order valence-electron chi connectivity index (χ3n) is 5.09. The SMILES string of the molecule is CC[N+]1(CC(=O)Nc2c(C)cc(C#N)cc2C)CCCCCC1. The highest BCUT2D eigenvalue weighted by Crippen LogP contribution is 2.23. The minimum atomic E-state index is 0.0876. The van der Waals surface area contributed by atoms with Crippen LogP contribution in [0.3, 0.4) is 0 Å². The van der Waals surface area contributed by atoms with Gasteiger partial charge in [-0.3, -0.25) is 4.79 Å². The second kappa shape index (κ2) is 7.61. The van der Waals surface area contributed by atoms with E-state index in [1.165, 1.54) is 25.7 Å². The van der Waals surface area contributed by atoms with Crippen LogP contribution in [-0.4, -0.2) is 36.6 Å². The number of carbonyl (C=O) groups is 1. The van der Waals surface area contributed by atoms with Crippen LogP contribution in [-0.2, 0) is 4.79 Å². The normalized spacial score (nSPS) is 17.1. The van der Waals surface area contributed by atoms with Crippen molar-refractivity contribution in [3.05, 3.63) is 28.8 Å². The Bertz CT molecular complexity index is 585. The van der Waals surface area contributed by atoms with E-state index >= 15 is 0 Å². The average Bonchev–Trinajstić information content (AvgIpc) is 2.76. The van der Waals surface area contributed by atoms with Gasteiger partial charge in [-0.1, -0.05) is 0 Å². The molecule has 0 aliphatic carbocycles. The Balaban J connectivity index is 2.11. The zero-order valence-corrected chi connectivity index (χ0v) is 14.6. The number of hydrogen-bond acceptors (Lipinski definition) is 2. The predicted octanol–water partition coefficient (Wildman–Crippen LogP) is 3.52. The van der Waals surface area contributed by atoms with Gasteiger partial charge in [0.2, 0.25) is 0 Å². The molecule has 2 rings (SSSR count). The van der Waals surface area contributed by atoms with E-state index in [0.717, 1.165) is 40.9 Å². The summed E-state index contributed by atoms with van der Waals surface area (Å²) in [6, 6.07) is 5.83. The van der Waals surface area contributed by atoms with Crippen molar-refractivity contribution in [2.24, 2.45) is 0 Å². The molecule has 1 fully saturated rings. The summed E-state index contributed by atoms with van der Waals surface area (Å²) in [7, 11) is 0. The van der Waals surface area contributed by atoms with Crippen molar-refractivity contribution in [1.82, 2.24) is 0 Å². The first-order chi connectivity index (χ1) is 11.0. The van der Waals surface area contributed by atoms with Crippen molar-refractivity contribution in [3.63, 3.8) is 0 Å². The maximum Gasteiger partial charge on any atom is 0.279 e. The molecule has 4 heteroatoms. The van der Waals surface area contributed by atoms with Crippen LogP contribution in [0.25, 0.3) is 0 Å². The van der Waals surface area contributed by atoms with Gasteiger partial charge < -0.3 is 9.80 Å². The summed E-state index contributed by atoms with van der Waals surface area (Å²) in [5.74, 6) is 0.0876. The molecule has 0 atom stereocenters. The predicted molar refractivity (Wildman–Crippen MR) is 93.1 cm³/mol. The second-order valence-electron chi connectivity index (χ2n) is 6.82. The van der Waals surface area contributed by atoms with E-state index < -0.39 is 0 Å². The van der Waals surface area contributed by atoms with Crippen molar-refractivity contribution in [3.8, 4) is 6.07 Å². The largest absolute Gasteiger partial charge is 0.321 e. The molecule has 4 nitrogen and oxygen atoms in total. The van der Waals surface area contributed by atoms with Crippen LogP contribution in [0.15, 0.2) is 12.1 Å². The Morgan fingerprint density at radius 2 is 1.74 bits per heavy atom. The molecule has 1 aromatic carbocycles. The number of anilines is 1. The van der Waals surface area contributed by atoms with Crippen molar-refractivity contribution in [1.29, 1.82) is 5.26 Å². The van der Waals surface area contributed by atoms with E-state index in [0.29, 0.717) is 12.1 Å². The summed E-state index contributed by atoms with van der Waals surface area (Å²) in [6.07, 6.45) is 5.01. The van der Waals surface area contributed by atoms with E-state index in [1.807, 2.05) is 26.0 Å². The first kappa shape index (κ1) is 17.5. The fourth-order valence-corrected chi connectivity index (χ4v) is 3.65. The first-order valence-corrected chi connectivity index (χ1v) is 8.66. The summed E-state index contributed by atoms with van der Waals surface area (Å²) in [4.78, 5) is 12.6. The number of nitrogens with one attached hydrogen (secondary N) is 1. The van der Waals surface area contributed by atoms with Gasteiger partial charge >= 0.3 is 0 Å².